The van der Waals surface area contributed by atoms with Crippen molar-refractivity contribution in [1.29, 1.82) is 0 Å². The van der Waals surface area contributed by atoms with Crippen LogP contribution in [-0.2, 0) is 33.3 Å². The Hall–Kier alpha value is -1.02. The van der Waals surface area contributed by atoms with Crippen molar-refractivity contribution in [2.24, 2.45) is 0 Å². The number of carbonyl (C=O) groups is 2. The van der Waals surface area contributed by atoms with Gasteiger partial charge in [0, 0.05) is 0 Å². The van der Waals surface area contributed by atoms with Gasteiger partial charge in [-0.1, -0.05) is 0 Å². The molecule has 0 spiro atoms. The summed E-state index contributed by atoms with van der Waals surface area (Å²) in [5, 5.41) is 0. The van der Waals surface area contributed by atoms with Gasteiger partial charge in [-0.05, 0) is 0 Å². The third-order valence-corrected chi connectivity index (χ3v) is 1.98. The average molecular weight is 278 g/mol. The zero-order chi connectivity index (χ0) is 14.2. The third kappa shape index (κ3) is 14.9. The van der Waals surface area contributed by atoms with Crippen molar-refractivity contribution < 1.29 is 33.3 Å². The molecule has 0 fully saturated rings. The normalized spacial score (nSPS) is 10.4. The van der Waals surface area contributed by atoms with Crippen molar-refractivity contribution >= 4 is 12.3 Å². The third-order valence-electron chi connectivity index (χ3n) is 1.98. The van der Waals surface area contributed by atoms with Crippen molar-refractivity contribution in [2.45, 2.75) is 6.42 Å². The molecule has 112 valence electrons. The largest absolute Gasteiger partial charge is 0.469 e. The number of methoxy groups -OCH3 is 1. The van der Waals surface area contributed by atoms with Crippen LogP contribution < -0.4 is 0 Å². The highest BCUT2D eigenvalue weighted by molar-refractivity contribution is 5.69. The number of rotatable bonds is 14. The topological polar surface area (TPSA) is 80.3 Å². The van der Waals surface area contributed by atoms with Crippen molar-refractivity contribution in [3.05, 3.63) is 0 Å². The first-order chi connectivity index (χ1) is 9.31. The summed E-state index contributed by atoms with van der Waals surface area (Å²) in [5.74, 6) is -0.286. The molecule has 0 N–H and O–H groups in total. The predicted octanol–water partition coefficient (Wildman–Crippen LogP) is -0.185. The van der Waals surface area contributed by atoms with Crippen molar-refractivity contribution in [2.75, 3.05) is 60.0 Å². The van der Waals surface area contributed by atoms with Gasteiger partial charge >= 0.3 is 5.97 Å². The maximum atomic E-state index is 10.7. The standard InChI is InChI=1S/C12H22O7/c1-15-12(14)2-4-16-6-8-18-10-11-19-9-7-17-5-3-13/h3H,2,4-11H2,1H3. The molecule has 0 saturated carbocycles. The summed E-state index contributed by atoms with van der Waals surface area (Å²) in [5.41, 5.74) is 0. The van der Waals surface area contributed by atoms with Crippen LogP contribution in [0, 0.1) is 0 Å². The molecule has 19 heavy (non-hydrogen) atoms. The molecule has 0 heterocycles. The molecule has 0 aromatic heterocycles. The zero-order valence-corrected chi connectivity index (χ0v) is 11.3. The van der Waals surface area contributed by atoms with Gasteiger partial charge in [-0.15, -0.1) is 0 Å². The van der Waals surface area contributed by atoms with E-state index in [0.29, 0.717) is 52.5 Å². The molecule has 0 aromatic rings. The summed E-state index contributed by atoms with van der Waals surface area (Å²) in [6, 6.07) is 0. The van der Waals surface area contributed by atoms with Crippen LogP contribution in [0.3, 0.4) is 0 Å². The second-order valence-electron chi connectivity index (χ2n) is 3.40. The van der Waals surface area contributed by atoms with Crippen LogP contribution >= 0.6 is 0 Å². The lowest BCUT2D eigenvalue weighted by Gasteiger charge is -2.06. The minimum Gasteiger partial charge on any atom is -0.469 e. The lowest BCUT2D eigenvalue weighted by Crippen LogP contribution is -2.13. The molecule has 7 heteroatoms. The van der Waals surface area contributed by atoms with Crippen LogP contribution in [0.1, 0.15) is 6.42 Å². The van der Waals surface area contributed by atoms with Gasteiger partial charge in [0.2, 0.25) is 0 Å². The van der Waals surface area contributed by atoms with Crippen molar-refractivity contribution in [3.63, 3.8) is 0 Å². The van der Waals surface area contributed by atoms with Crippen LogP contribution in [0.5, 0.6) is 0 Å². The van der Waals surface area contributed by atoms with E-state index in [9.17, 15) is 9.59 Å². The lowest BCUT2D eigenvalue weighted by molar-refractivity contribution is -0.141. The summed E-state index contributed by atoms with van der Waals surface area (Å²) in [6.07, 6.45) is 0.948. The Balaban J connectivity index is 2.99. The van der Waals surface area contributed by atoms with Gasteiger partial charge in [-0.3, -0.25) is 4.79 Å². The molecule has 0 aromatic carbocycles. The van der Waals surface area contributed by atoms with Gasteiger partial charge in [-0.25, -0.2) is 0 Å². The Morgan fingerprint density at radius 1 is 0.842 bits per heavy atom. The van der Waals surface area contributed by atoms with Gasteiger partial charge in [0.05, 0.1) is 59.8 Å². The Morgan fingerprint density at radius 2 is 1.32 bits per heavy atom. The van der Waals surface area contributed by atoms with Gasteiger partial charge in [0.15, 0.2) is 0 Å². The molecule has 0 aliphatic heterocycles. The first kappa shape index (κ1) is 18.0. The van der Waals surface area contributed by atoms with Gasteiger partial charge in [0.25, 0.3) is 0 Å². The van der Waals surface area contributed by atoms with Crippen LogP contribution in [0.25, 0.3) is 0 Å². The molecule has 0 amide bonds. The number of hydrogen-bond acceptors (Lipinski definition) is 7. The number of aldehydes is 1. The zero-order valence-electron chi connectivity index (χ0n) is 11.3. The van der Waals surface area contributed by atoms with E-state index in [1.54, 1.807) is 0 Å². The Kier molecular flexibility index (Phi) is 14.2. The number of carbonyl (C=O) groups excluding carboxylic acids is 2. The summed E-state index contributed by atoms with van der Waals surface area (Å²) in [4.78, 5) is 20.7. The Labute approximate surface area is 113 Å². The molecule has 0 aliphatic carbocycles. The Bertz CT molecular complexity index is 220. The van der Waals surface area contributed by atoms with E-state index in [2.05, 4.69) is 4.74 Å². The smallest absolute Gasteiger partial charge is 0.307 e. The van der Waals surface area contributed by atoms with E-state index in [4.69, 9.17) is 18.9 Å². The molecule has 0 radical (unpaired) electrons. The molecule has 0 saturated heterocycles. The molecule has 0 aliphatic rings. The Morgan fingerprint density at radius 3 is 1.79 bits per heavy atom. The fourth-order valence-corrected chi connectivity index (χ4v) is 1.05. The quantitative estimate of drug-likeness (QED) is 0.247. The van der Waals surface area contributed by atoms with Crippen molar-refractivity contribution in [1.82, 2.24) is 0 Å². The minimum atomic E-state index is -0.286. The minimum absolute atomic E-state index is 0.1000. The molecular formula is C12H22O7. The molecular weight excluding hydrogens is 256 g/mol. The molecule has 7 nitrogen and oxygen atoms in total. The summed E-state index contributed by atoms with van der Waals surface area (Å²) < 4.78 is 24.9. The highest BCUT2D eigenvalue weighted by Gasteiger charge is 1.98. The lowest BCUT2D eigenvalue weighted by atomic mass is 10.5. The fraction of sp³-hybridized carbons (Fsp3) is 0.833. The van der Waals surface area contributed by atoms with E-state index < -0.39 is 0 Å². The van der Waals surface area contributed by atoms with Crippen molar-refractivity contribution in [3.8, 4) is 0 Å². The van der Waals surface area contributed by atoms with Crippen LogP contribution in [0.15, 0.2) is 0 Å². The SMILES string of the molecule is COC(=O)CCOCCOCCOCCOCC=O. The molecule has 0 rings (SSSR count). The second kappa shape index (κ2) is 15.0. The monoisotopic (exact) mass is 278 g/mol. The van der Waals surface area contributed by atoms with E-state index >= 15 is 0 Å². The van der Waals surface area contributed by atoms with Gasteiger partial charge in [0.1, 0.15) is 12.9 Å². The second-order valence-corrected chi connectivity index (χ2v) is 3.40. The van der Waals surface area contributed by atoms with E-state index in [1.807, 2.05) is 0 Å². The highest BCUT2D eigenvalue weighted by atomic mass is 16.6. The molecule has 0 unspecified atom stereocenters. The first-order valence-electron chi connectivity index (χ1n) is 6.12. The number of esters is 1. The summed E-state index contributed by atoms with van der Waals surface area (Å²) in [6.45, 7) is 3.08. The predicted molar refractivity (Wildman–Crippen MR) is 66.0 cm³/mol. The summed E-state index contributed by atoms with van der Waals surface area (Å²) in [7, 11) is 1.34. The van der Waals surface area contributed by atoms with Gasteiger partial charge in [-0.2, -0.15) is 0 Å². The number of ether oxygens (including phenoxy) is 5. The summed E-state index contributed by atoms with van der Waals surface area (Å²) >= 11 is 0. The highest BCUT2D eigenvalue weighted by Crippen LogP contribution is 1.87. The van der Waals surface area contributed by atoms with Crippen LogP contribution in [-0.4, -0.2) is 72.2 Å². The van der Waals surface area contributed by atoms with E-state index in [0.717, 1.165) is 0 Å². The maximum absolute atomic E-state index is 10.7. The molecule has 0 bridgehead atoms. The van der Waals surface area contributed by atoms with Crippen LogP contribution in [0.4, 0.5) is 0 Å². The van der Waals surface area contributed by atoms with E-state index in [1.165, 1.54) is 7.11 Å². The first-order valence-corrected chi connectivity index (χ1v) is 6.12. The fourth-order valence-electron chi connectivity index (χ4n) is 1.05. The molecule has 0 atom stereocenters. The average Bonchev–Trinajstić information content (AvgIpc) is 2.43. The van der Waals surface area contributed by atoms with Gasteiger partial charge < -0.3 is 28.5 Å². The van der Waals surface area contributed by atoms with E-state index in [-0.39, 0.29) is 19.0 Å². The number of hydrogen-bond donors (Lipinski definition) is 0. The van der Waals surface area contributed by atoms with Crippen LogP contribution in [0.2, 0.25) is 0 Å². The maximum Gasteiger partial charge on any atom is 0.307 e.